The van der Waals surface area contributed by atoms with E-state index in [9.17, 15) is 0 Å². The van der Waals surface area contributed by atoms with Gasteiger partial charge in [-0.3, -0.25) is 0 Å². The highest BCUT2D eigenvalue weighted by Crippen LogP contribution is 2.41. The number of allylic oxidation sites excluding steroid dienone is 1. The molecule has 0 aliphatic heterocycles. The molecule has 1 aliphatic carbocycles. The van der Waals surface area contributed by atoms with Gasteiger partial charge in [0.15, 0.2) is 0 Å². The molecule has 0 heteroatoms. The van der Waals surface area contributed by atoms with Gasteiger partial charge in [0.25, 0.3) is 0 Å². The molecule has 80 valence electrons. The van der Waals surface area contributed by atoms with Gasteiger partial charge in [-0.15, -0.1) is 5.73 Å². The molecule has 0 saturated heterocycles. The second kappa shape index (κ2) is 6.09. The molecule has 1 aliphatic rings. The molecule has 0 unspecified atom stereocenters. The Morgan fingerprint density at radius 3 is 2.50 bits per heavy atom. The lowest BCUT2D eigenvalue weighted by Crippen LogP contribution is -2.21. The van der Waals surface area contributed by atoms with Gasteiger partial charge < -0.3 is 0 Å². The van der Waals surface area contributed by atoms with Crippen molar-refractivity contribution in [1.29, 1.82) is 0 Å². The van der Waals surface area contributed by atoms with Crippen molar-refractivity contribution in [2.24, 2.45) is 5.41 Å². The molecule has 1 rings (SSSR count). The standard InChI is InChI=1S/C14H24/c1-3-5-10-14(11-6-4-2)12-8-7-9-13-14/h3,10H,4,6-9,11-13H2,1-2H3. The zero-order chi connectivity index (χ0) is 10.3. The molecule has 0 radical (unpaired) electrons. The van der Waals surface area contributed by atoms with Gasteiger partial charge in [0.1, 0.15) is 0 Å². The molecular formula is C14H24. The van der Waals surface area contributed by atoms with Gasteiger partial charge in [0.2, 0.25) is 0 Å². The van der Waals surface area contributed by atoms with Crippen molar-refractivity contribution in [2.75, 3.05) is 0 Å². The quantitative estimate of drug-likeness (QED) is 0.558. The molecular weight excluding hydrogens is 168 g/mol. The maximum Gasteiger partial charge on any atom is -0.00426 e. The summed E-state index contributed by atoms with van der Waals surface area (Å²) in [4.78, 5) is 0. The fraction of sp³-hybridized carbons (Fsp3) is 0.786. The number of hydrogen-bond acceptors (Lipinski definition) is 0. The second-order valence-electron chi connectivity index (χ2n) is 4.63. The Hall–Kier alpha value is -0.480. The molecule has 0 N–H and O–H groups in total. The maximum atomic E-state index is 3.32. The van der Waals surface area contributed by atoms with E-state index in [4.69, 9.17) is 0 Å². The van der Waals surface area contributed by atoms with Crippen LogP contribution in [0.2, 0.25) is 0 Å². The van der Waals surface area contributed by atoms with Crippen LogP contribution in [0.25, 0.3) is 0 Å². The van der Waals surface area contributed by atoms with Crippen LogP contribution in [0.15, 0.2) is 17.9 Å². The molecule has 0 aromatic heterocycles. The summed E-state index contributed by atoms with van der Waals surface area (Å²) in [6.45, 7) is 4.35. The van der Waals surface area contributed by atoms with Crippen molar-refractivity contribution < 1.29 is 0 Å². The minimum Gasteiger partial charge on any atom is -0.129 e. The zero-order valence-electron chi connectivity index (χ0n) is 9.81. The van der Waals surface area contributed by atoms with E-state index in [-0.39, 0.29) is 0 Å². The first kappa shape index (κ1) is 11.6. The van der Waals surface area contributed by atoms with Gasteiger partial charge >= 0.3 is 0 Å². The summed E-state index contributed by atoms with van der Waals surface area (Å²) in [5.74, 6) is 0. The molecule has 14 heavy (non-hydrogen) atoms. The highest BCUT2D eigenvalue weighted by molar-refractivity contribution is 5.00. The van der Waals surface area contributed by atoms with Gasteiger partial charge in [-0.25, -0.2) is 0 Å². The third-order valence-corrected chi connectivity index (χ3v) is 3.43. The topological polar surface area (TPSA) is 0 Å². The average molecular weight is 192 g/mol. The van der Waals surface area contributed by atoms with Gasteiger partial charge in [-0.1, -0.05) is 39.0 Å². The predicted octanol–water partition coefficient (Wildman–Crippen LogP) is 4.86. The van der Waals surface area contributed by atoms with Crippen LogP contribution in [0.5, 0.6) is 0 Å². The van der Waals surface area contributed by atoms with Crippen molar-refractivity contribution in [3.8, 4) is 0 Å². The third kappa shape index (κ3) is 3.35. The maximum absolute atomic E-state index is 3.32. The van der Waals surface area contributed by atoms with Crippen LogP contribution in [0.3, 0.4) is 0 Å². The number of hydrogen-bond donors (Lipinski definition) is 0. The van der Waals surface area contributed by atoms with E-state index in [1.165, 1.54) is 51.4 Å². The smallest absolute Gasteiger partial charge is 0.00426 e. The van der Waals surface area contributed by atoms with Crippen molar-refractivity contribution in [1.82, 2.24) is 0 Å². The Labute approximate surface area is 89.1 Å². The molecule has 0 spiro atoms. The summed E-state index contributed by atoms with van der Waals surface area (Å²) < 4.78 is 0. The lowest BCUT2D eigenvalue weighted by Gasteiger charge is -2.34. The largest absolute Gasteiger partial charge is 0.129 e. The minimum absolute atomic E-state index is 0.515. The monoisotopic (exact) mass is 192 g/mol. The van der Waals surface area contributed by atoms with E-state index in [1.54, 1.807) is 0 Å². The average Bonchev–Trinajstić information content (AvgIpc) is 2.25. The predicted molar refractivity (Wildman–Crippen MR) is 63.4 cm³/mol. The molecule has 0 aromatic rings. The Morgan fingerprint density at radius 1 is 1.21 bits per heavy atom. The van der Waals surface area contributed by atoms with Crippen LogP contribution in [0.1, 0.15) is 65.2 Å². The Balaban J connectivity index is 2.61. The summed E-state index contributed by atoms with van der Waals surface area (Å²) in [5, 5.41) is 0. The van der Waals surface area contributed by atoms with E-state index < -0.39 is 0 Å². The fourth-order valence-corrected chi connectivity index (χ4v) is 2.51. The van der Waals surface area contributed by atoms with Crippen LogP contribution in [0, 0.1) is 5.41 Å². The Morgan fingerprint density at radius 2 is 1.93 bits per heavy atom. The van der Waals surface area contributed by atoms with E-state index in [1.807, 2.05) is 6.08 Å². The first-order valence-electron chi connectivity index (χ1n) is 6.21. The van der Waals surface area contributed by atoms with Crippen LogP contribution in [0.4, 0.5) is 0 Å². The van der Waals surface area contributed by atoms with Crippen molar-refractivity contribution in [3.63, 3.8) is 0 Å². The SMILES string of the molecule is CC=C=CC1(CCCC)CCCCC1. The first-order chi connectivity index (χ1) is 6.83. The number of unbranched alkanes of at least 4 members (excludes halogenated alkanes) is 1. The lowest BCUT2D eigenvalue weighted by molar-refractivity contribution is 0.233. The summed E-state index contributed by atoms with van der Waals surface area (Å²) in [6, 6.07) is 0. The normalized spacial score (nSPS) is 19.9. The minimum atomic E-state index is 0.515. The van der Waals surface area contributed by atoms with E-state index in [0.29, 0.717) is 5.41 Å². The summed E-state index contributed by atoms with van der Waals surface area (Å²) in [5.41, 5.74) is 3.83. The first-order valence-corrected chi connectivity index (χ1v) is 6.21. The van der Waals surface area contributed by atoms with Gasteiger partial charge in [0.05, 0.1) is 0 Å². The third-order valence-electron chi connectivity index (χ3n) is 3.43. The summed E-state index contributed by atoms with van der Waals surface area (Å²) in [7, 11) is 0. The van der Waals surface area contributed by atoms with Gasteiger partial charge in [-0.2, -0.15) is 0 Å². The van der Waals surface area contributed by atoms with E-state index in [2.05, 4.69) is 25.7 Å². The molecule has 0 nitrogen and oxygen atoms in total. The van der Waals surface area contributed by atoms with E-state index >= 15 is 0 Å². The second-order valence-corrected chi connectivity index (χ2v) is 4.63. The highest BCUT2D eigenvalue weighted by atomic mass is 14.3. The Kier molecular flexibility index (Phi) is 5.04. The summed E-state index contributed by atoms with van der Waals surface area (Å²) in [6.07, 6.45) is 15.6. The van der Waals surface area contributed by atoms with Crippen molar-refractivity contribution >= 4 is 0 Å². The van der Waals surface area contributed by atoms with Crippen molar-refractivity contribution in [3.05, 3.63) is 17.9 Å². The molecule has 0 heterocycles. The number of rotatable bonds is 4. The highest BCUT2D eigenvalue weighted by Gasteiger charge is 2.28. The van der Waals surface area contributed by atoms with Crippen LogP contribution in [-0.4, -0.2) is 0 Å². The zero-order valence-corrected chi connectivity index (χ0v) is 9.81. The molecule has 0 aromatic carbocycles. The molecule has 0 bridgehead atoms. The van der Waals surface area contributed by atoms with Crippen LogP contribution < -0.4 is 0 Å². The molecule has 1 fully saturated rings. The van der Waals surface area contributed by atoms with Crippen LogP contribution >= 0.6 is 0 Å². The molecule has 0 amide bonds. The fourth-order valence-electron chi connectivity index (χ4n) is 2.51. The Bertz CT molecular complexity index is 200. The van der Waals surface area contributed by atoms with Crippen LogP contribution in [-0.2, 0) is 0 Å². The molecule has 1 saturated carbocycles. The van der Waals surface area contributed by atoms with Gasteiger partial charge in [0, 0.05) is 0 Å². The summed E-state index contributed by atoms with van der Waals surface area (Å²) >= 11 is 0. The lowest BCUT2D eigenvalue weighted by atomic mass is 9.71. The van der Waals surface area contributed by atoms with E-state index in [0.717, 1.165) is 0 Å². The van der Waals surface area contributed by atoms with Gasteiger partial charge in [-0.05, 0) is 43.8 Å². The molecule has 0 atom stereocenters. The van der Waals surface area contributed by atoms with Crippen molar-refractivity contribution in [2.45, 2.75) is 65.2 Å².